The van der Waals surface area contributed by atoms with Crippen LogP contribution in [0, 0.1) is 0 Å². The Kier molecular flexibility index (Phi) is 5.03. The number of rotatable bonds is 4. The van der Waals surface area contributed by atoms with Crippen molar-refractivity contribution in [3.63, 3.8) is 0 Å². The Balaban J connectivity index is 1.78. The van der Waals surface area contributed by atoms with Gasteiger partial charge in [-0.3, -0.25) is 13.9 Å². The molecule has 3 rings (SSSR count). The number of anilines is 3. The topological polar surface area (TPSA) is 96.0 Å². The predicted octanol–water partition coefficient (Wildman–Crippen LogP) is 2.08. The van der Waals surface area contributed by atoms with E-state index in [-0.39, 0.29) is 11.8 Å². The monoisotopic (exact) mass is 403 g/mol. The second kappa shape index (κ2) is 7.16. The van der Waals surface area contributed by atoms with Crippen molar-refractivity contribution in [2.24, 2.45) is 0 Å². The maximum absolute atomic E-state index is 12.5. The summed E-state index contributed by atoms with van der Waals surface area (Å²) in [6.07, 6.45) is 0.553. The fourth-order valence-corrected chi connectivity index (χ4v) is 3.31. The average molecular weight is 403 g/mol. The molecule has 0 saturated heterocycles. The van der Waals surface area contributed by atoms with Gasteiger partial charge in [0.25, 0.3) is 11.8 Å². The van der Waals surface area contributed by atoms with Gasteiger partial charge in [-0.25, -0.2) is 8.42 Å². The number of carbonyl (C=O) groups excluding carboxylic acids is 2. The molecule has 0 spiro atoms. The number of nitrogens with zero attached hydrogens (tertiary/aromatic N) is 2. The Hall–Kier alpha value is -3.07. The molecule has 1 atom stereocenters. The minimum Gasteiger partial charge on any atom is -0.479 e. The Morgan fingerprint density at radius 1 is 1.18 bits per heavy atom. The molecule has 1 aliphatic rings. The molecule has 1 N–H and O–H groups in total. The summed E-state index contributed by atoms with van der Waals surface area (Å²) in [5.74, 6) is 0.0508. The molecule has 0 saturated carbocycles. The van der Waals surface area contributed by atoms with Crippen LogP contribution in [-0.4, -0.2) is 46.7 Å². The first-order valence-electron chi connectivity index (χ1n) is 8.51. The predicted molar refractivity (Wildman–Crippen MR) is 108 cm³/mol. The van der Waals surface area contributed by atoms with Crippen LogP contribution in [0.4, 0.5) is 17.1 Å². The lowest BCUT2D eigenvalue weighted by Crippen LogP contribution is -2.41. The second-order valence-corrected chi connectivity index (χ2v) is 8.59. The van der Waals surface area contributed by atoms with Crippen LogP contribution in [0.5, 0.6) is 5.75 Å². The maximum Gasteiger partial charge on any atom is 0.267 e. The van der Waals surface area contributed by atoms with Crippen molar-refractivity contribution < 1.29 is 22.7 Å². The van der Waals surface area contributed by atoms with Crippen LogP contribution in [-0.2, 0) is 14.8 Å². The standard InChI is InChI=1S/C19H21N3O5S/c1-12-19(24)21(2)16-11-14(7-10-17(16)27-12)20-18(23)13-5-8-15(9-6-13)22(3)28(4,25)26/h5-12H,1-4H3,(H,20,23). The smallest absolute Gasteiger partial charge is 0.267 e. The van der Waals surface area contributed by atoms with Gasteiger partial charge in [-0.05, 0) is 49.4 Å². The number of hydrogen-bond donors (Lipinski definition) is 1. The van der Waals surface area contributed by atoms with Crippen molar-refractivity contribution >= 4 is 38.9 Å². The fraction of sp³-hybridized carbons (Fsp3) is 0.263. The fourth-order valence-electron chi connectivity index (χ4n) is 2.81. The maximum atomic E-state index is 12.5. The Bertz CT molecular complexity index is 1030. The van der Waals surface area contributed by atoms with E-state index in [1.54, 1.807) is 56.4 Å². The molecule has 0 fully saturated rings. The van der Waals surface area contributed by atoms with Gasteiger partial charge < -0.3 is 15.0 Å². The highest BCUT2D eigenvalue weighted by Gasteiger charge is 2.29. The van der Waals surface area contributed by atoms with Crippen LogP contribution < -0.4 is 19.3 Å². The minimum atomic E-state index is -3.37. The summed E-state index contributed by atoms with van der Waals surface area (Å²) in [6.45, 7) is 1.68. The molecule has 1 aliphatic heterocycles. The molecule has 1 unspecified atom stereocenters. The van der Waals surface area contributed by atoms with Gasteiger partial charge in [-0.2, -0.15) is 0 Å². The summed E-state index contributed by atoms with van der Waals surface area (Å²) in [5.41, 5.74) is 1.92. The van der Waals surface area contributed by atoms with Gasteiger partial charge in [0, 0.05) is 25.3 Å². The van der Waals surface area contributed by atoms with E-state index in [0.29, 0.717) is 28.4 Å². The number of sulfonamides is 1. The van der Waals surface area contributed by atoms with Gasteiger partial charge in [0.15, 0.2) is 6.10 Å². The second-order valence-electron chi connectivity index (χ2n) is 6.57. The highest BCUT2D eigenvalue weighted by molar-refractivity contribution is 7.92. The van der Waals surface area contributed by atoms with E-state index in [1.165, 1.54) is 11.9 Å². The SMILES string of the molecule is CC1Oc2ccc(NC(=O)c3ccc(N(C)S(C)(=O)=O)cc3)cc2N(C)C1=O. The first-order valence-corrected chi connectivity index (χ1v) is 10.4. The number of carbonyl (C=O) groups is 2. The number of benzene rings is 2. The molecular formula is C19H21N3O5S. The van der Waals surface area contributed by atoms with Crippen molar-refractivity contribution in [2.75, 3.05) is 34.9 Å². The van der Waals surface area contributed by atoms with E-state index in [4.69, 9.17) is 4.74 Å². The minimum absolute atomic E-state index is 0.165. The third-order valence-corrected chi connectivity index (χ3v) is 5.76. The zero-order valence-corrected chi connectivity index (χ0v) is 16.8. The molecule has 0 bridgehead atoms. The van der Waals surface area contributed by atoms with Gasteiger partial charge >= 0.3 is 0 Å². The zero-order valence-electron chi connectivity index (χ0n) is 16.0. The highest BCUT2D eigenvalue weighted by Crippen LogP contribution is 2.35. The molecule has 2 amide bonds. The van der Waals surface area contributed by atoms with E-state index in [2.05, 4.69) is 5.32 Å². The number of amides is 2. The Morgan fingerprint density at radius 3 is 2.43 bits per heavy atom. The van der Waals surface area contributed by atoms with Gasteiger partial charge in [0.1, 0.15) is 5.75 Å². The Morgan fingerprint density at radius 2 is 1.82 bits per heavy atom. The summed E-state index contributed by atoms with van der Waals surface area (Å²) in [4.78, 5) is 26.1. The lowest BCUT2D eigenvalue weighted by atomic mass is 10.1. The summed E-state index contributed by atoms with van der Waals surface area (Å²) < 4.78 is 29.9. The van der Waals surface area contributed by atoms with Crippen molar-refractivity contribution in [3.8, 4) is 5.75 Å². The lowest BCUT2D eigenvalue weighted by molar-refractivity contribution is -0.125. The number of likely N-dealkylation sites (N-methyl/N-ethyl adjacent to an activating group) is 1. The van der Waals surface area contributed by atoms with Crippen LogP contribution in [0.3, 0.4) is 0 Å². The number of fused-ring (bicyclic) bond motifs is 1. The van der Waals surface area contributed by atoms with E-state index in [1.807, 2.05) is 0 Å². The summed E-state index contributed by atoms with van der Waals surface area (Å²) in [5, 5.41) is 2.77. The molecule has 0 radical (unpaired) electrons. The van der Waals surface area contributed by atoms with Crippen LogP contribution in [0.1, 0.15) is 17.3 Å². The van der Waals surface area contributed by atoms with E-state index >= 15 is 0 Å². The van der Waals surface area contributed by atoms with Crippen molar-refractivity contribution in [3.05, 3.63) is 48.0 Å². The Labute approximate surface area is 163 Å². The number of ether oxygens (including phenoxy) is 1. The van der Waals surface area contributed by atoms with Crippen molar-refractivity contribution in [1.82, 2.24) is 0 Å². The quantitative estimate of drug-likeness (QED) is 0.843. The van der Waals surface area contributed by atoms with Gasteiger partial charge in [0.05, 0.1) is 17.6 Å². The molecule has 2 aromatic carbocycles. The number of nitrogens with one attached hydrogen (secondary N) is 1. The lowest BCUT2D eigenvalue weighted by Gasteiger charge is -2.30. The third-order valence-electron chi connectivity index (χ3n) is 4.55. The normalized spacial score (nSPS) is 16.2. The molecule has 9 heteroatoms. The van der Waals surface area contributed by atoms with Gasteiger partial charge in [-0.15, -0.1) is 0 Å². The zero-order chi connectivity index (χ0) is 20.6. The largest absolute Gasteiger partial charge is 0.479 e. The molecular weight excluding hydrogens is 382 g/mol. The molecule has 148 valence electrons. The van der Waals surface area contributed by atoms with E-state index < -0.39 is 16.1 Å². The van der Waals surface area contributed by atoms with Crippen LogP contribution in [0.2, 0.25) is 0 Å². The highest BCUT2D eigenvalue weighted by atomic mass is 32.2. The van der Waals surface area contributed by atoms with Gasteiger partial charge in [0.2, 0.25) is 10.0 Å². The summed E-state index contributed by atoms with van der Waals surface area (Å²) >= 11 is 0. The molecule has 2 aromatic rings. The number of hydrogen-bond acceptors (Lipinski definition) is 5. The summed E-state index contributed by atoms with van der Waals surface area (Å²) in [7, 11) is -0.273. The first-order chi connectivity index (χ1) is 13.1. The molecule has 1 heterocycles. The third kappa shape index (κ3) is 3.79. The van der Waals surface area contributed by atoms with Crippen molar-refractivity contribution in [2.45, 2.75) is 13.0 Å². The molecule has 0 aliphatic carbocycles. The van der Waals surface area contributed by atoms with Crippen LogP contribution in [0.25, 0.3) is 0 Å². The molecule has 28 heavy (non-hydrogen) atoms. The van der Waals surface area contributed by atoms with Crippen LogP contribution >= 0.6 is 0 Å². The van der Waals surface area contributed by atoms with Crippen molar-refractivity contribution in [1.29, 1.82) is 0 Å². The van der Waals surface area contributed by atoms with E-state index in [9.17, 15) is 18.0 Å². The first kappa shape index (κ1) is 19.7. The molecule has 8 nitrogen and oxygen atoms in total. The van der Waals surface area contributed by atoms with Gasteiger partial charge in [-0.1, -0.05) is 0 Å². The van der Waals surface area contributed by atoms with E-state index in [0.717, 1.165) is 10.6 Å². The molecule has 0 aromatic heterocycles. The average Bonchev–Trinajstić information content (AvgIpc) is 2.65. The summed E-state index contributed by atoms with van der Waals surface area (Å²) in [6, 6.07) is 11.3. The van der Waals surface area contributed by atoms with Crippen LogP contribution in [0.15, 0.2) is 42.5 Å².